The highest BCUT2D eigenvalue weighted by Gasteiger charge is 2.23. The first-order chi connectivity index (χ1) is 11.3. The Bertz CT molecular complexity index is 512. The van der Waals surface area contributed by atoms with E-state index >= 15 is 0 Å². The Balaban J connectivity index is 2.21. The van der Waals surface area contributed by atoms with Crippen molar-refractivity contribution in [1.29, 1.82) is 0 Å². The van der Waals surface area contributed by atoms with Gasteiger partial charge in [0.1, 0.15) is 18.2 Å². The summed E-state index contributed by atoms with van der Waals surface area (Å²) in [6, 6.07) is 9.10. The average Bonchev–Trinajstić information content (AvgIpc) is 2.52. The normalized spacial score (nSPS) is 12.3. The van der Waals surface area contributed by atoms with E-state index in [0.29, 0.717) is 19.4 Å². The maximum absolute atomic E-state index is 12.0. The Hall–Kier alpha value is -2.08. The van der Waals surface area contributed by atoms with Crippen molar-refractivity contribution < 1.29 is 19.1 Å². The second kappa shape index (κ2) is 9.93. The molecule has 1 unspecified atom stereocenters. The lowest BCUT2D eigenvalue weighted by Gasteiger charge is -2.23. The van der Waals surface area contributed by atoms with Crippen LogP contribution in [0.1, 0.15) is 39.2 Å². The first-order valence-corrected chi connectivity index (χ1v) is 8.16. The molecule has 0 radical (unpaired) electrons. The quantitative estimate of drug-likeness (QED) is 0.564. The van der Waals surface area contributed by atoms with Gasteiger partial charge < -0.3 is 20.1 Å². The second-order valence-corrected chi connectivity index (χ2v) is 6.51. The Morgan fingerprint density at radius 2 is 1.83 bits per heavy atom. The number of ether oxygens (including phenoxy) is 2. The summed E-state index contributed by atoms with van der Waals surface area (Å²) in [5.41, 5.74) is 0.430. The second-order valence-electron chi connectivity index (χ2n) is 6.51. The van der Waals surface area contributed by atoms with E-state index in [4.69, 9.17) is 9.47 Å². The molecule has 6 nitrogen and oxygen atoms in total. The first-order valence-electron chi connectivity index (χ1n) is 8.16. The van der Waals surface area contributed by atoms with E-state index in [2.05, 4.69) is 10.6 Å². The molecule has 6 heteroatoms. The molecule has 0 aliphatic heterocycles. The van der Waals surface area contributed by atoms with Crippen molar-refractivity contribution in [2.45, 2.75) is 51.9 Å². The molecule has 0 aliphatic rings. The molecular formula is C18H28N2O4. The number of rotatable bonds is 8. The van der Waals surface area contributed by atoms with Crippen molar-refractivity contribution in [1.82, 2.24) is 10.6 Å². The fraction of sp³-hybridized carbons (Fsp3) is 0.556. The molecule has 0 aromatic heterocycles. The van der Waals surface area contributed by atoms with Gasteiger partial charge in [-0.2, -0.15) is 0 Å². The number of benzene rings is 1. The predicted molar refractivity (Wildman–Crippen MR) is 92.6 cm³/mol. The smallest absolute Gasteiger partial charge is 0.407 e. The third-order valence-corrected chi connectivity index (χ3v) is 3.19. The zero-order chi connectivity index (χ0) is 18.0. The van der Waals surface area contributed by atoms with E-state index in [0.717, 1.165) is 5.56 Å². The summed E-state index contributed by atoms with van der Waals surface area (Å²) >= 11 is 0. The summed E-state index contributed by atoms with van der Waals surface area (Å²) in [7, 11) is 1.72. The lowest BCUT2D eigenvalue weighted by Crippen LogP contribution is -2.40. The van der Waals surface area contributed by atoms with Gasteiger partial charge in [0.15, 0.2) is 0 Å². The molecule has 1 aromatic carbocycles. The third kappa shape index (κ3) is 8.53. The number of hydrogen-bond acceptors (Lipinski definition) is 5. The fourth-order valence-electron chi connectivity index (χ4n) is 2.02. The minimum absolute atomic E-state index is 0.240. The Morgan fingerprint density at radius 3 is 2.42 bits per heavy atom. The van der Waals surface area contributed by atoms with E-state index in [9.17, 15) is 9.59 Å². The van der Waals surface area contributed by atoms with Crippen molar-refractivity contribution in [3.8, 4) is 0 Å². The van der Waals surface area contributed by atoms with Crippen LogP contribution in [0.2, 0.25) is 0 Å². The SMILES string of the molecule is CNC(CCCNC(=O)OCc1ccccc1)C(=O)OC(C)(C)C. The van der Waals surface area contributed by atoms with Gasteiger partial charge in [-0.05, 0) is 46.2 Å². The van der Waals surface area contributed by atoms with Gasteiger partial charge in [-0.1, -0.05) is 30.3 Å². The maximum atomic E-state index is 12.0. The molecule has 0 bridgehead atoms. The van der Waals surface area contributed by atoms with E-state index in [1.54, 1.807) is 7.05 Å². The molecule has 24 heavy (non-hydrogen) atoms. The van der Waals surface area contributed by atoms with Gasteiger partial charge in [0, 0.05) is 6.54 Å². The number of likely N-dealkylation sites (N-methyl/N-ethyl adjacent to an activating group) is 1. The van der Waals surface area contributed by atoms with Gasteiger partial charge in [0.25, 0.3) is 0 Å². The number of carbonyl (C=O) groups is 2. The zero-order valence-electron chi connectivity index (χ0n) is 14.9. The molecule has 1 amide bonds. The van der Waals surface area contributed by atoms with Crippen LogP contribution in [0.5, 0.6) is 0 Å². The minimum atomic E-state index is -0.508. The van der Waals surface area contributed by atoms with Crippen LogP contribution < -0.4 is 10.6 Å². The molecule has 134 valence electrons. The average molecular weight is 336 g/mol. The van der Waals surface area contributed by atoms with Crippen LogP contribution in [0.15, 0.2) is 30.3 Å². The molecule has 0 saturated carbocycles. The van der Waals surface area contributed by atoms with Gasteiger partial charge >= 0.3 is 12.1 Å². The Kier molecular flexibility index (Phi) is 8.26. The molecule has 2 N–H and O–H groups in total. The van der Waals surface area contributed by atoms with E-state index < -0.39 is 11.7 Å². The largest absolute Gasteiger partial charge is 0.459 e. The van der Waals surface area contributed by atoms with Crippen LogP contribution in [-0.4, -0.2) is 37.3 Å². The highest BCUT2D eigenvalue weighted by molar-refractivity contribution is 5.76. The molecule has 0 saturated heterocycles. The first kappa shape index (κ1) is 20.0. The van der Waals surface area contributed by atoms with Crippen LogP contribution in [0.4, 0.5) is 4.79 Å². The van der Waals surface area contributed by atoms with E-state index in [1.807, 2.05) is 51.1 Å². The van der Waals surface area contributed by atoms with Gasteiger partial charge in [-0.3, -0.25) is 4.79 Å². The van der Waals surface area contributed by atoms with Gasteiger partial charge in [0.05, 0.1) is 0 Å². The van der Waals surface area contributed by atoms with Gasteiger partial charge in [-0.15, -0.1) is 0 Å². The molecule has 0 spiro atoms. The number of alkyl carbamates (subject to hydrolysis) is 1. The number of hydrogen-bond donors (Lipinski definition) is 2. The van der Waals surface area contributed by atoms with Crippen LogP contribution in [-0.2, 0) is 20.9 Å². The van der Waals surface area contributed by atoms with Crippen LogP contribution in [0.3, 0.4) is 0 Å². The number of carbonyl (C=O) groups excluding carboxylic acids is 2. The Labute approximate surface area is 143 Å². The lowest BCUT2D eigenvalue weighted by atomic mass is 10.1. The number of amides is 1. The van der Waals surface area contributed by atoms with Crippen LogP contribution >= 0.6 is 0 Å². The van der Waals surface area contributed by atoms with E-state index in [-0.39, 0.29) is 18.6 Å². The van der Waals surface area contributed by atoms with Crippen molar-refractivity contribution in [2.24, 2.45) is 0 Å². The maximum Gasteiger partial charge on any atom is 0.407 e. The molecule has 0 aliphatic carbocycles. The standard InChI is InChI=1S/C18H28N2O4/c1-18(2,3)24-16(21)15(19-4)11-8-12-20-17(22)23-13-14-9-6-5-7-10-14/h5-7,9-10,15,19H,8,11-13H2,1-4H3,(H,20,22). The highest BCUT2D eigenvalue weighted by Crippen LogP contribution is 2.10. The summed E-state index contributed by atoms with van der Waals surface area (Å²) < 4.78 is 10.5. The zero-order valence-corrected chi connectivity index (χ0v) is 14.9. The van der Waals surface area contributed by atoms with Gasteiger partial charge in [0.2, 0.25) is 0 Å². The monoisotopic (exact) mass is 336 g/mol. The summed E-state index contributed by atoms with van der Waals surface area (Å²) in [4.78, 5) is 23.6. The number of nitrogens with one attached hydrogen (secondary N) is 2. The number of esters is 1. The summed E-state index contributed by atoms with van der Waals surface area (Å²) in [6.07, 6.45) is 0.757. The molecule has 0 heterocycles. The predicted octanol–water partition coefficient (Wildman–Crippen LogP) is 2.62. The van der Waals surface area contributed by atoms with Crippen molar-refractivity contribution in [3.63, 3.8) is 0 Å². The summed E-state index contributed by atoms with van der Waals surface area (Å²) in [6.45, 7) is 6.18. The lowest BCUT2D eigenvalue weighted by molar-refractivity contribution is -0.157. The fourth-order valence-corrected chi connectivity index (χ4v) is 2.02. The van der Waals surface area contributed by atoms with Crippen LogP contribution in [0.25, 0.3) is 0 Å². The van der Waals surface area contributed by atoms with Crippen LogP contribution in [0, 0.1) is 0 Å². The highest BCUT2D eigenvalue weighted by atomic mass is 16.6. The topological polar surface area (TPSA) is 76.7 Å². The summed E-state index contributed by atoms with van der Waals surface area (Å²) in [5.74, 6) is -0.281. The van der Waals surface area contributed by atoms with Crippen molar-refractivity contribution in [3.05, 3.63) is 35.9 Å². The van der Waals surface area contributed by atoms with E-state index in [1.165, 1.54) is 0 Å². The van der Waals surface area contributed by atoms with Crippen molar-refractivity contribution in [2.75, 3.05) is 13.6 Å². The van der Waals surface area contributed by atoms with Crippen molar-refractivity contribution >= 4 is 12.1 Å². The summed E-state index contributed by atoms with van der Waals surface area (Å²) in [5, 5.41) is 5.62. The molecule has 0 fully saturated rings. The molecule has 1 rings (SSSR count). The molecular weight excluding hydrogens is 308 g/mol. The third-order valence-electron chi connectivity index (χ3n) is 3.19. The molecule has 1 aromatic rings. The minimum Gasteiger partial charge on any atom is -0.459 e. The molecule has 1 atom stereocenters. The Morgan fingerprint density at radius 1 is 1.17 bits per heavy atom. The van der Waals surface area contributed by atoms with Gasteiger partial charge in [-0.25, -0.2) is 4.79 Å².